The summed E-state index contributed by atoms with van der Waals surface area (Å²) in [5.41, 5.74) is 9.39. The molecule has 0 bridgehead atoms. The van der Waals surface area contributed by atoms with E-state index in [1.165, 1.54) is 12.1 Å². The third kappa shape index (κ3) is 6.87. The summed E-state index contributed by atoms with van der Waals surface area (Å²) >= 11 is 0. The lowest BCUT2D eigenvalue weighted by atomic mass is 10.2. The van der Waals surface area contributed by atoms with E-state index in [-0.39, 0.29) is 23.9 Å². The zero-order valence-electron chi connectivity index (χ0n) is 26.7. The highest BCUT2D eigenvalue weighted by molar-refractivity contribution is 5.92. The van der Waals surface area contributed by atoms with Crippen LogP contribution in [0.2, 0.25) is 0 Å². The van der Waals surface area contributed by atoms with Crippen molar-refractivity contribution in [1.29, 1.82) is 0 Å². The van der Waals surface area contributed by atoms with E-state index in [4.69, 9.17) is 13.9 Å². The Morgan fingerprint density at radius 2 is 1.54 bits per heavy atom. The first kappa shape index (κ1) is 31.5. The van der Waals surface area contributed by atoms with E-state index in [0.29, 0.717) is 17.3 Å². The molecule has 0 saturated carbocycles. The molecule has 0 aliphatic rings. The Balaban J connectivity index is 1.03. The van der Waals surface area contributed by atoms with Crippen molar-refractivity contribution in [2.45, 2.75) is 34.3 Å². The largest absolute Gasteiger partial charge is 0.486 e. The number of amides is 1. The van der Waals surface area contributed by atoms with Crippen molar-refractivity contribution in [2.75, 3.05) is 0 Å². The summed E-state index contributed by atoms with van der Waals surface area (Å²) in [5, 5.41) is 15.0. The number of nitrogens with zero attached hydrogens (tertiary/aromatic N) is 5. The minimum Gasteiger partial charge on any atom is -0.486 e. The maximum atomic E-state index is 12.7. The normalized spacial score (nSPS) is 11.2. The lowest BCUT2D eigenvalue weighted by Crippen LogP contribution is -2.16. The monoisotopic (exact) mass is 644 g/mol. The van der Waals surface area contributed by atoms with E-state index < -0.39 is 10.8 Å². The summed E-state index contributed by atoms with van der Waals surface area (Å²) in [4.78, 5) is 27.0. The van der Waals surface area contributed by atoms with E-state index in [0.717, 1.165) is 45.9 Å². The zero-order valence-corrected chi connectivity index (χ0v) is 26.7. The van der Waals surface area contributed by atoms with Crippen molar-refractivity contribution in [3.63, 3.8) is 0 Å². The third-order valence-electron chi connectivity index (χ3n) is 7.72. The Morgan fingerprint density at radius 1 is 0.875 bits per heavy atom. The number of hydrogen-bond acceptors (Lipinski definition) is 8. The van der Waals surface area contributed by atoms with Gasteiger partial charge in [-0.25, -0.2) is 10.4 Å². The number of nitro groups is 1. The molecule has 48 heavy (non-hydrogen) atoms. The van der Waals surface area contributed by atoms with Crippen LogP contribution in [-0.2, 0) is 6.61 Å². The maximum Gasteiger partial charge on any atom is 0.307 e. The van der Waals surface area contributed by atoms with Gasteiger partial charge in [0.15, 0.2) is 5.76 Å². The molecule has 0 fully saturated rings. The van der Waals surface area contributed by atoms with Gasteiger partial charge in [-0.3, -0.25) is 14.9 Å². The molecule has 4 aromatic heterocycles. The fourth-order valence-electron chi connectivity index (χ4n) is 5.36. The van der Waals surface area contributed by atoms with E-state index in [1.54, 1.807) is 30.5 Å². The Morgan fingerprint density at radius 3 is 2.19 bits per heavy atom. The van der Waals surface area contributed by atoms with Crippen LogP contribution in [0.15, 0.2) is 107 Å². The van der Waals surface area contributed by atoms with Gasteiger partial charge in [-0.2, -0.15) is 5.10 Å². The highest BCUT2D eigenvalue weighted by Gasteiger charge is 2.13. The van der Waals surface area contributed by atoms with Crippen molar-refractivity contribution >= 4 is 17.8 Å². The van der Waals surface area contributed by atoms with Gasteiger partial charge in [0.05, 0.1) is 11.1 Å². The molecule has 0 unspecified atom stereocenters. The molecule has 2 aromatic carbocycles. The SMILES string of the molecule is Cc1ccc(C)n1-c1ccc(OCc2ccc(C(=O)N/N=C/c3cc(C)n(-c4ccc(Oc5ccc([N+](=O)[O-])cn5)cc4)c3C)o2)cc1. The molecule has 242 valence electrons. The lowest BCUT2D eigenvalue weighted by Gasteiger charge is -2.11. The molecule has 0 spiro atoms. The number of aryl methyl sites for hydroxylation is 3. The van der Waals surface area contributed by atoms with E-state index >= 15 is 0 Å². The number of carbonyl (C=O) groups is 1. The topological polar surface area (TPSA) is 139 Å². The molecule has 0 atom stereocenters. The Labute approximate surface area is 276 Å². The van der Waals surface area contributed by atoms with Crippen LogP contribution < -0.4 is 14.9 Å². The number of pyridine rings is 1. The molecular formula is C36H32N6O6. The molecule has 4 heterocycles. The molecule has 0 aliphatic heterocycles. The summed E-state index contributed by atoms with van der Waals surface area (Å²) in [5.74, 6) is 1.62. The van der Waals surface area contributed by atoms with Crippen LogP contribution in [0, 0.1) is 37.8 Å². The minimum atomic E-state index is -0.514. The number of rotatable bonds is 11. The van der Waals surface area contributed by atoms with Gasteiger partial charge in [-0.1, -0.05) is 0 Å². The van der Waals surface area contributed by atoms with Crippen LogP contribution in [0.1, 0.15) is 44.7 Å². The first-order valence-electron chi connectivity index (χ1n) is 15.0. The molecule has 6 rings (SSSR count). The first-order valence-corrected chi connectivity index (χ1v) is 15.0. The highest BCUT2D eigenvalue weighted by Crippen LogP contribution is 2.26. The predicted octanol–water partition coefficient (Wildman–Crippen LogP) is 7.53. The fourth-order valence-corrected chi connectivity index (χ4v) is 5.36. The maximum absolute atomic E-state index is 12.7. The lowest BCUT2D eigenvalue weighted by molar-refractivity contribution is -0.385. The van der Waals surface area contributed by atoms with Gasteiger partial charge in [-0.15, -0.1) is 0 Å². The molecule has 0 saturated heterocycles. The summed E-state index contributed by atoms with van der Waals surface area (Å²) in [7, 11) is 0. The van der Waals surface area contributed by atoms with Crippen LogP contribution in [0.25, 0.3) is 11.4 Å². The van der Waals surface area contributed by atoms with Gasteiger partial charge >= 0.3 is 5.91 Å². The average Bonchev–Trinajstić information content (AvgIpc) is 3.77. The second-order valence-corrected chi connectivity index (χ2v) is 11.1. The summed E-state index contributed by atoms with van der Waals surface area (Å²) in [6.07, 6.45) is 2.74. The Hall–Kier alpha value is -6.43. The van der Waals surface area contributed by atoms with Crippen molar-refractivity contribution in [3.05, 3.63) is 147 Å². The van der Waals surface area contributed by atoms with E-state index in [1.807, 2.05) is 60.9 Å². The summed E-state index contributed by atoms with van der Waals surface area (Å²) in [6, 6.07) is 27.4. The van der Waals surface area contributed by atoms with Gasteiger partial charge in [0.1, 0.15) is 30.1 Å². The van der Waals surface area contributed by atoms with Crippen molar-refractivity contribution in [1.82, 2.24) is 19.5 Å². The predicted molar refractivity (Wildman–Crippen MR) is 180 cm³/mol. The quantitative estimate of drug-likeness (QED) is 0.0874. The number of carbonyl (C=O) groups excluding carboxylic acids is 1. The van der Waals surface area contributed by atoms with Crippen LogP contribution in [0.4, 0.5) is 5.69 Å². The smallest absolute Gasteiger partial charge is 0.307 e. The zero-order chi connectivity index (χ0) is 33.8. The molecule has 12 nitrogen and oxygen atoms in total. The summed E-state index contributed by atoms with van der Waals surface area (Å²) in [6.45, 7) is 8.23. The van der Waals surface area contributed by atoms with E-state index in [9.17, 15) is 14.9 Å². The second kappa shape index (κ2) is 13.5. The van der Waals surface area contributed by atoms with Gasteiger partial charge in [0, 0.05) is 51.8 Å². The number of hydrogen-bond donors (Lipinski definition) is 1. The van der Waals surface area contributed by atoms with Crippen LogP contribution in [0.5, 0.6) is 17.4 Å². The summed E-state index contributed by atoms with van der Waals surface area (Å²) < 4.78 is 21.5. The highest BCUT2D eigenvalue weighted by atomic mass is 16.6. The first-order chi connectivity index (χ1) is 23.2. The molecule has 0 aliphatic carbocycles. The standard InChI is InChI=1S/C36H32N6O6/c1-23-5-6-24(2)40(23)28-7-12-31(13-8-28)46-22-33-16-17-34(47-33)36(43)39-38-20-27-19-25(3)41(26(27)4)29-9-14-32(15-10-29)48-35-18-11-30(21-37-35)42(44)45/h5-21H,22H2,1-4H3,(H,39,43)/b38-20+. The average molecular weight is 645 g/mol. The molecular weight excluding hydrogens is 612 g/mol. The van der Waals surface area contributed by atoms with Crippen molar-refractivity contribution < 1.29 is 23.6 Å². The Bertz CT molecular complexity index is 2090. The molecule has 6 aromatic rings. The Kier molecular flexibility index (Phi) is 8.88. The number of benzene rings is 2. The second-order valence-electron chi connectivity index (χ2n) is 11.1. The van der Waals surface area contributed by atoms with Crippen molar-refractivity contribution in [3.8, 4) is 28.8 Å². The van der Waals surface area contributed by atoms with Crippen molar-refractivity contribution in [2.24, 2.45) is 5.10 Å². The fraction of sp³-hybridized carbons (Fsp3) is 0.139. The molecule has 0 radical (unpaired) electrons. The number of nitrogens with one attached hydrogen (secondary N) is 1. The number of aromatic nitrogens is 3. The molecule has 12 heteroatoms. The minimum absolute atomic E-state index is 0.108. The number of furan rings is 1. The van der Waals surface area contributed by atoms with Crippen LogP contribution in [-0.4, -0.2) is 31.2 Å². The third-order valence-corrected chi connectivity index (χ3v) is 7.72. The number of hydrazone groups is 1. The molecule has 1 amide bonds. The van der Waals surface area contributed by atoms with Gasteiger partial charge in [0.2, 0.25) is 5.88 Å². The number of ether oxygens (including phenoxy) is 2. The van der Waals surface area contributed by atoms with Crippen LogP contribution >= 0.6 is 0 Å². The molecule has 1 N–H and O–H groups in total. The van der Waals surface area contributed by atoms with Gasteiger partial charge in [-0.05, 0) is 107 Å². The van der Waals surface area contributed by atoms with E-state index in [2.05, 4.69) is 46.1 Å². The van der Waals surface area contributed by atoms with Gasteiger partial charge in [0.25, 0.3) is 5.69 Å². The van der Waals surface area contributed by atoms with Gasteiger partial charge < -0.3 is 23.0 Å². The van der Waals surface area contributed by atoms with Crippen LogP contribution in [0.3, 0.4) is 0 Å².